The average molecular weight is 361 g/mol. The van der Waals surface area contributed by atoms with Gasteiger partial charge in [0, 0.05) is 16.7 Å². The highest BCUT2D eigenvalue weighted by Gasteiger charge is 2.40. The molecule has 1 unspecified atom stereocenters. The third-order valence-electron chi connectivity index (χ3n) is 4.57. The van der Waals surface area contributed by atoms with Crippen LogP contribution in [0.3, 0.4) is 0 Å². The van der Waals surface area contributed by atoms with Crippen molar-refractivity contribution >= 4 is 26.4 Å². The van der Waals surface area contributed by atoms with E-state index in [1.807, 2.05) is 71.9 Å². The van der Waals surface area contributed by atoms with Gasteiger partial charge in [-0.1, -0.05) is 77.9 Å². The van der Waals surface area contributed by atoms with E-state index in [0.29, 0.717) is 10.3 Å². The molecule has 0 heterocycles. The molecular weight excluding hydrogens is 332 g/mol. The Hall–Kier alpha value is -1.68. The Morgan fingerprint density at radius 2 is 1.48 bits per heavy atom. The van der Waals surface area contributed by atoms with Gasteiger partial charge < -0.3 is 0 Å². The molecule has 0 fully saturated rings. The van der Waals surface area contributed by atoms with Crippen LogP contribution < -0.4 is 0 Å². The zero-order valence-electron chi connectivity index (χ0n) is 16.0. The fraction of sp³-hybridized carbons (Fsp3) is 0.476. The van der Waals surface area contributed by atoms with E-state index in [2.05, 4.69) is 0 Å². The van der Waals surface area contributed by atoms with Crippen molar-refractivity contribution in [2.45, 2.75) is 46.4 Å². The lowest BCUT2D eigenvalue weighted by molar-refractivity contribution is -0.132. The van der Waals surface area contributed by atoms with E-state index < -0.39 is 26.6 Å². The monoisotopic (exact) mass is 360 g/mol. The normalized spacial score (nSPS) is 14.5. The van der Waals surface area contributed by atoms with Gasteiger partial charge in [0.05, 0.1) is 10.6 Å². The maximum Gasteiger partial charge on any atom is 0.179 e. The van der Waals surface area contributed by atoms with Gasteiger partial charge in [0.2, 0.25) is 0 Å². The fourth-order valence-corrected chi connectivity index (χ4v) is 5.09. The molecule has 0 aromatic heterocycles. The third-order valence-corrected chi connectivity index (χ3v) is 6.37. The predicted octanol–water partition coefficient (Wildman–Crippen LogP) is 4.89. The van der Waals surface area contributed by atoms with E-state index in [9.17, 15) is 13.2 Å². The number of hydrogen-bond donors (Lipinski definition) is 0. The standard InChI is InChI=1S/C21H28O3S/c1-20(2,3)17(19(22)21(4,5)6)14-25(23,24)18-13-9-11-15-10-7-8-12-16(15)18/h7-13,17H,14H2,1-6H3. The molecule has 1 atom stereocenters. The summed E-state index contributed by atoms with van der Waals surface area (Å²) >= 11 is 0. The van der Waals surface area contributed by atoms with Gasteiger partial charge in [-0.25, -0.2) is 8.42 Å². The number of carbonyl (C=O) groups is 1. The summed E-state index contributed by atoms with van der Waals surface area (Å²) in [5, 5.41) is 1.60. The van der Waals surface area contributed by atoms with Crippen LogP contribution in [-0.4, -0.2) is 20.0 Å². The van der Waals surface area contributed by atoms with E-state index in [-0.39, 0.29) is 11.5 Å². The van der Waals surface area contributed by atoms with Crippen LogP contribution >= 0.6 is 0 Å². The number of ketones is 1. The van der Waals surface area contributed by atoms with Crippen LogP contribution in [0.1, 0.15) is 41.5 Å². The summed E-state index contributed by atoms with van der Waals surface area (Å²) in [6.45, 7) is 11.3. The highest BCUT2D eigenvalue weighted by Crippen LogP contribution is 2.36. The van der Waals surface area contributed by atoms with Gasteiger partial charge in [-0.2, -0.15) is 0 Å². The van der Waals surface area contributed by atoms with Crippen molar-refractivity contribution in [2.24, 2.45) is 16.7 Å². The first kappa shape index (κ1) is 19.6. The summed E-state index contributed by atoms with van der Waals surface area (Å²) in [6, 6.07) is 12.7. The summed E-state index contributed by atoms with van der Waals surface area (Å²) in [5.74, 6) is -0.735. The van der Waals surface area contributed by atoms with Gasteiger partial charge in [-0.15, -0.1) is 0 Å². The molecule has 0 spiro atoms. The molecular formula is C21H28O3S. The Morgan fingerprint density at radius 1 is 0.920 bits per heavy atom. The molecule has 0 saturated heterocycles. The molecule has 2 aromatic carbocycles. The summed E-state index contributed by atoms with van der Waals surface area (Å²) in [4.78, 5) is 13.2. The molecule has 3 nitrogen and oxygen atoms in total. The number of rotatable bonds is 4. The van der Waals surface area contributed by atoms with E-state index in [0.717, 1.165) is 5.39 Å². The highest BCUT2D eigenvalue weighted by molar-refractivity contribution is 7.91. The van der Waals surface area contributed by atoms with Crippen LogP contribution in [0.5, 0.6) is 0 Å². The fourth-order valence-electron chi connectivity index (χ4n) is 3.02. The van der Waals surface area contributed by atoms with Gasteiger partial charge in [-0.3, -0.25) is 4.79 Å². The third kappa shape index (κ3) is 4.30. The van der Waals surface area contributed by atoms with E-state index in [4.69, 9.17) is 0 Å². The topological polar surface area (TPSA) is 51.2 Å². The van der Waals surface area contributed by atoms with Crippen molar-refractivity contribution in [3.8, 4) is 0 Å². The van der Waals surface area contributed by atoms with Gasteiger partial charge in [0.1, 0.15) is 5.78 Å². The molecule has 2 rings (SSSR count). The van der Waals surface area contributed by atoms with Gasteiger partial charge in [-0.05, 0) is 16.9 Å². The molecule has 0 saturated carbocycles. The average Bonchev–Trinajstić information content (AvgIpc) is 2.49. The SMILES string of the molecule is CC(C)(C)C(=O)C(CS(=O)(=O)c1cccc2ccccc12)C(C)(C)C. The molecule has 0 bridgehead atoms. The molecule has 2 aromatic rings. The first-order chi connectivity index (χ1) is 11.3. The van der Waals surface area contributed by atoms with Gasteiger partial charge in [0.25, 0.3) is 0 Å². The van der Waals surface area contributed by atoms with Crippen molar-refractivity contribution < 1.29 is 13.2 Å². The van der Waals surface area contributed by atoms with Gasteiger partial charge in [0.15, 0.2) is 9.84 Å². The van der Waals surface area contributed by atoms with Crippen molar-refractivity contribution in [1.29, 1.82) is 0 Å². The van der Waals surface area contributed by atoms with Crippen LogP contribution in [-0.2, 0) is 14.6 Å². The summed E-state index contributed by atoms with van der Waals surface area (Å²) in [5.41, 5.74) is -1.01. The van der Waals surface area contributed by atoms with Crippen LogP contribution in [0, 0.1) is 16.7 Å². The minimum absolute atomic E-state index is 0.0104. The molecule has 0 aliphatic heterocycles. The minimum Gasteiger partial charge on any atom is -0.299 e. The first-order valence-electron chi connectivity index (χ1n) is 8.59. The number of hydrogen-bond acceptors (Lipinski definition) is 3. The number of Topliss-reactive ketones (excluding diaryl/α,β-unsaturated/α-hetero) is 1. The lowest BCUT2D eigenvalue weighted by Crippen LogP contribution is -2.40. The molecule has 136 valence electrons. The second kappa shape index (κ2) is 6.56. The van der Waals surface area contributed by atoms with Crippen LogP contribution in [0.2, 0.25) is 0 Å². The number of sulfone groups is 1. The Balaban J connectivity index is 2.52. The maximum absolute atomic E-state index is 13.2. The predicted molar refractivity (Wildman–Crippen MR) is 103 cm³/mol. The highest BCUT2D eigenvalue weighted by atomic mass is 32.2. The van der Waals surface area contributed by atoms with E-state index in [1.165, 1.54) is 0 Å². The Kier molecular flexibility index (Phi) is 5.16. The smallest absolute Gasteiger partial charge is 0.179 e. The second-order valence-corrected chi connectivity index (χ2v) is 10.8. The number of fused-ring (bicyclic) bond motifs is 1. The largest absolute Gasteiger partial charge is 0.299 e. The summed E-state index contributed by atoms with van der Waals surface area (Å²) in [7, 11) is -3.60. The second-order valence-electron chi connectivity index (χ2n) is 8.79. The van der Waals surface area contributed by atoms with Gasteiger partial charge >= 0.3 is 0 Å². The lowest BCUT2D eigenvalue weighted by atomic mass is 9.72. The quantitative estimate of drug-likeness (QED) is 0.780. The first-order valence-corrected chi connectivity index (χ1v) is 10.2. The Labute approximate surface area is 151 Å². The van der Waals surface area contributed by atoms with Crippen molar-refractivity contribution in [3.63, 3.8) is 0 Å². The Morgan fingerprint density at radius 3 is 2.04 bits per heavy atom. The summed E-state index contributed by atoms with van der Waals surface area (Å²) < 4.78 is 26.4. The molecule has 0 aliphatic carbocycles. The number of benzene rings is 2. The Bertz CT molecular complexity index is 876. The van der Waals surface area contributed by atoms with E-state index >= 15 is 0 Å². The minimum atomic E-state index is -3.60. The molecule has 4 heteroatoms. The molecule has 0 aliphatic rings. The molecule has 0 N–H and O–H groups in total. The zero-order valence-corrected chi connectivity index (χ0v) is 16.8. The van der Waals surface area contributed by atoms with E-state index in [1.54, 1.807) is 12.1 Å². The van der Waals surface area contributed by atoms with Crippen LogP contribution in [0.4, 0.5) is 0 Å². The molecule has 25 heavy (non-hydrogen) atoms. The van der Waals surface area contributed by atoms with Crippen LogP contribution in [0.25, 0.3) is 10.8 Å². The molecule has 0 radical (unpaired) electrons. The number of carbonyl (C=O) groups excluding carboxylic acids is 1. The lowest BCUT2D eigenvalue weighted by Gasteiger charge is -2.34. The zero-order chi connectivity index (χ0) is 19.0. The van der Waals surface area contributed by atoms with Crippen molar-refractivity contribution in [3.05, 3.63) is 42.5 Å². The summed E-state index contributed by atoms with van der Waals surface area (Å²) in [6.07, 6.45) is 0. The molecule has 0 amide bonds. The van der Waals surface area contributed by atoms with Crippen molar-refractivity contribution in [2.75, 3.05) is 5.75 Å². The van der Waals surface area contributed by atoms with Crippen molar-refractivity contribution in [1.82, 2.24) is 0 Å². The van der Waals surface area contributed by atoms with Crippen LogP contribution in [0.15, 0.2) is 47.4 Å². The maximum atomic E-state index is 13.2.